The first kappa shape index (κ1) is 11.1. The van der Waals surface area contributed by atoms with Gasteiger partial charge in [0.1, 0.15) is 5.82 Å². The van der Waals surface area contributed by atoms with Gasteiger partial charge in [-0.25, -0.2) is 4.98 Å². The summed E-state index contributed by atoms with van der Waals surface area (Å²) in [5, 5.41) is 2.80. The maximum Gasteiger partial charge on any atom is 0.225 e. The highest BCUT2D eigenvalue weighted by atomic mass is 16.5. The van der Waals surface area contributed by atoms with Crippen molar-refractivity contribution in [3.63, 3.8) is 0 Å². The molecule has 0 atom stereocenters. The lowest BCUT2D eigenvalue weighted by Crippen LogP contribution is -2.22. The van der Waals surface area contributed by atoms with Gasteiger partial charge in [0.25, 0.3) is 0 Å². The first-order valence-electron chi connectivity index (χ1n) is 5.63. The topological polar surface area (TPSA) is 51.2 Å². The highest BCUT2D eigenvalue weighted by molar-refractivity contribution is 5.89. The molecular formula is C12H16N2O2. The van der Waals surface area contributed by atoms with Crippen molar-refractivity contribution in [1.82, 2.24) is 4.98 Å². The van der Waals surface area contributed by atoms with E-state index in [1.165, 1.54) is 0 Å². The van der Waals surface area contributed by atoms with E-state index in [4.69, 9.17) is 4.74 Å². The molecular weight excluding hydrogens is 204 g/mol. The van der Waals surface area contributed by atoms with Crippen molar-refractivity contribution in [3.05, 3.63) is 24.4 Å². The van der Waals surface area contributed by atoms with Gasteiger partial charge in [0.2, 0.25) is 5.91 Å². The number of amides is 1. The fourth-order valence-electron chi connectivity index (χ4n) is 1.84. The van der Waals surface area contributed by atoms with Crippen LogP contribution in [0.4, 0.5) is 5.82 Å². The molecule has 1 N–H and O–H groups in total. The zero-order valence-corrected chi connectivity index (χ0v) is 9.19. The molecule has 86 valence electrons. The number of carbonyl (C=O) groups is 1. The van der Waals surface area contributed by atoms with Crippen LogP contribution in [0.15, 0.2) is 24.4 Å². The van der Waals surface area contributed by atoms with Crippen LogP contribution in [-0.4, -0.2) is 24.1 Å². The van der Waals surface area contributed by atoms with Gasteiger partial charge in [0, 0.05) is 25.8 Å². The van der Waals surface area contributed by atoms with Crippen LogP contribution in [-0.2, 0) is 9.53 Å². The van der Waals surface area contributed by atoms with Crippen LogP contribution in [0.1, 0.15) is 19.3 Å². The maximum atomic E-state index is 11.7. The van der Waals surface area contributed by atoms with Gasteiger partial charge in [-0.15, -0.1) is 0 Å². The van der Waals surface area contributed by atoms with Crippen molar-refractivity contribution in [2.75, 3.05) is 18.5 Å². The molecule has 0 saturated carbocycles. The average Bonchev–Trinajstić information content (AvgIpc) is 2.31. The van der Waals surface area contributed by atoms with Gasteiger partial charge < -0.3 is 10.1 Å². The van der Waals surface area contributed by atoms with Gasteiger partial charge in [-0.1, -0.05) is 6.07 Å². The van der Waals surface area contributed by atoms with Crippen LogP contribution in [0.3, 0.4) is 0 Å². The second kappa shape index (κ2) is 5.61. The molecule has 4 nitrogen and oxygen atoms in total. The lowest BCUT2D eigenvalue weighted by atomic mass is 9.96. The Morgan fingerprint density at radius 3 is 2.94 bits per heavy atom. The molecule has 1 aliphatic rings. The molecule has 0 aliphatic carbocycles. The molecule has 2 heterocycles. The van der Waals surface area contributed by atoms with E-state index in [0.29, 0.717) is 18.2 Å². The molecule has 0 spiro atoms. The first-order chi connectivity index (χ1) is 7.84. The standard InChI is InChI=1S/C12H16N2O2/c15-12(9-10-4-7-16-8-5-10)14-11-3-1-2-6-13-11/h1-3,6,10H,4-5,7-9H2,(H,13,14,15). The summed E-state index contributed by atoms with van der Waals surface area (Å²) in [6, 6.07) is 5.48. The second-order valence-corrected chi connectivity index (χ2v) is 4.02. The SMILES string of the molecule is O=C(CC1CCOCC1)Nc1ccccn1. The summed E-state index contributed by atoms with van der Waals surface area (Å²) in [6.45, 7) is 1.56. The number of anilines is 1. The molecule has 1 amide bonds. The van der Waals surface area contributed by atoms with Gasteiger partial charge in [-0.2, -0.15) is 0 Å². The minimum Gasteiger partial charge on any atom is -0.381 e. The Kier molecular flexibility index (Phi) is 3.88. The Balaban J connectivity index is 1.80. The molecule has 1 aliphatic heterocycles. The normalized spacial score (nSPS) is 17.0. The largest absolute Gasteiger partial charge is 0.381 e. The molecule has 1 saturated heterocycles. The van der Waals surface area contributed by atoms with Crippen LogP contribution in [0, 0.1) is 5.92 Å². The zero-order chi connectivity index (χ0) is 11.2. The lowest BCUT2D eigenvalue weighted by molar-refractivity contribution is -0.117. The number of hydrogen-bond acceptors (Lipinski definition) is 3. The van der Waals surface area contributed by atoms with E-state index in [9.17, 15) is 4.79 Å². The van der Waals surface area contributed by atoms with E-state index in [0.717, 1.165) is 26.1 Å². The Morgan fingerprint density at radius 2 is 2.25 bits per heavy atom. The van der Waals surface area contributed by atoms with E-state index in [2.05, 4.69) is 10.3 Å². The summed E-state index contributed by atoms with van der Waals surface area (Å²) in [6.07, 6.45) is 4.20. The van der Waals surface area contributed by atoms with Gasteiger partial charge in [-0.05, 0) is 30.9 Å². The highest BCUT2D eigenvalue weighted by Gasteiger charge is 2.17. The average molecular weight is 220 g/mol. The molecule has 2 rings (SSSR count). The number of pyridine rings is 1. The third-order valence-corrected chi connectivity index (χ3v) is 2.75. The Morgan fingerprint density at radius 1 is 1.44 bits per heavy atom. The van der Waals surface area contributed by atoms with E-state index in [-0.39, 0.29) is 5.91 Å². The van der Waals surface area contributed by atoms with Crippen molar-refractivity contribution in [2.45, 2.75) is 19.3 Å². The first-order valence-corrected chi connectivity index (χ1v) is 5.63. The summed E-state index contributed by atoms with van der Waals surface area (Å²) in [4.78, 5) is 15.7. The number of hydrogen-bond donors (Lipinski definition) is 1. The summed E-state index contributed by atoms with van der Waals surface area (Å²) in [7, 11) is 0. The quantitative estimate of drug-likeness (QED) is 0.845. The number of ether oxygens (including phenoxy) is 1. The molecule has 1 aromatic heterocycles. The Labute approximate surface area is 95.0 Å². The number of aromatic nitrogens is 1. The Hall–Kier alpha value is -1.42. The number of rotatable bonds is 3. The zero-order valence-electron chi connectivity index (χ0n) is 9.19. The molecule has 0 bridgehead atoms. The summed E-state index contributed by atoms with van der Waals surface area (Å²) in [5.41, 5.74) is 0. The van der Waals surface area contributed by atoms with Crippen LogP contribution in [0.25, 0.3) is 0 Å². The van der Waals surface area contributed by atoms with Crippen LogP contribution >= 0.6 is 0 Å². The molecule has 1 aromatic rings. The van der Waals surface area contributed by atoms with E-state index < -0.39 is 0 Å². The van der Waals surface area contributed by atoms with E-state index >= 15 is 0 Å². The van der Waals surface area contributed by atoms with Crippen LogP contribution < -0.4 is 5.32 Å². The fourth-order valence-corrected chi connectivity index (χ4v) is 1.84. The fraction of sp³-hybridized carbons (Fsp3) is 0.500. The van der Waals surface area contributed by atoms with Crippen molar-refractivity contribution in [3.8, 4) is 0 Å². The summed E-state index contributed by atoms with van der Waals surface area (Å²) >= 11 is 0. The van der Waals surface area contributed by atoms with E-state index in [1.54, 1.807) is 12.3 Å². The third-order valence-electron chi connectivity index (χ3n) is 2.75. The van der Waals surface area contributed by atoms with Gasteiger partial charge in [0.15, 0.2) is 0 Å². The third kappa shape index (κ3) is 3.31. The minimum absolute atomic E-state index is 0.0469. The summed E-state index contributed by atoms with van der Waals surface area (Å²) < 4.78 is 5.26. The highest BCUT2D eigenvalue weighted by Crippen LogP contribution is 2.18. The molecule has 16 heavy (non-hydrogen) atoms. The summed E-state index contributed by atoms with van der Waals surface area (Å²) in [5.74, 6) is 1.13. The molecule has 0 unspecified atom stereocenters. The molecule has 0 aromatic carbocycles. The van der Waals surface area contributed by atoms with E-state index in [1.807, 2.05) is 12.1 Å². The minimum atomic E-state index is 0.0469. The van der Waals surface area contributed by atoms with Crippen LogP contribution in [0.5, 0.6) is 0 Å². The van der Waals surface area contributed by atoms with Crippen molar-refractivity contribution >= 4 is 11.7 Å². The van der Waals surface area contributed by atoms with Crippen molar-refractivity contribution in [1.29, 1.82) is 0 Å². The number of carbonyl (C=O) groups excluding carboxylic acids is 1. The predicted molar refractivity (Wildman–Crippen MR) is 61.0 cm³/mol. The molecule has 4 heteroatoms. The maximum absolute atomic E-state index is 11.7. The smallest absolute Gasteiger partial charge is 0.225 e. The molecule has 1 fully saturated rings. The van der Waals surface area contributed by atoms with Crippen molar-refractivity contribution < 1.29 is 9.53 Å². The Bertz CT molecular complexity index is 334. The van der Waals surface area contributed by atoms with Gasteiger partial charge >= 0.3 is 0 Å². The number of nitrogens with one attached hydrogen (secondary N) is 1. The predicted octanol–water partition coefficient (Wildman–Crippen LogP) is 1.84. The monoisotopic (exact) mass is 220 g/mol. The van der Waals surface area contributed by atoms with Gasteiger partial charge in [0.05, 0.1) is 0 Å². The number of nitrogens with zero attached hydrogens (tertiary/aromatic N) is 1. The lowest BCUT2D eigenvalue weighted by Gasteiger charge is -2.21. The van der Waals surface area contributed by atoms with Crippen molar-refractivity contribution in [2.24, 2.45) is 5.92 Å². The second-order valence-electron chi connectivity index (χ2n) is 4.02. The van der Waals surface area contributed by atoms with Gasteiger partial charge in [-0.3, -0.25) is 4.79 Å². The molecule has 0 radical (unpaired) electrons. The van der Waals surface area contributed by atoms with Crippen LogP contribution in [0.2, 0.25) is 0 Å².